The van der Waals surface area contributed by atoms with Crippen LogP contribution in [0.2, 0.25) is 0 Å². The molecular weight excluding hydrogens is 250 g/mol. The number of hydrogen-bond acceptors (Lipinski definition) is 2. The molecule has 3 atom stereocenters. The Balaban J connectivity index is 1.94. The van der Waals surface area contributed by atoms with Gasteiger partial charge in [0.25, 0.3) is 0 Å². The van der Waals surface area contributed by atoms with Crippen molar-refractivity contribution in [2.75, 3.05) is 19.7 Å². The first-order valence-electron chi connectivity index (χ1n) is 7.88. The molecule has 3 unspecified atom stereocenters. The molecule has 0 bridgehead atoms. The third-order valence-electron chi connectivity index (χ3n) is 4.54. The third kappa shape index (κ3) is 3.00. The zero-order chi connectivity index (χ0) is 14.6. The van der Waals surface area contributed by atoms with Gasteiger partial charge in [0, 0.05) is 37.1 Å². The molecule has 0 aromatic rings. The van der Waals surface area contributed by atoms with Crippen molar-refractivity contribution >= 4 is 5.96 Å². The maximum atomic E-state index is 5.84. The molecule has 1 aliphatic carbocycles. The van der Waals surface area contributed by atoms with E-state index < -0.39 is 0 Å². The molecule has 1 saturated carbocycles. The molecule has 0 aromatic carbocycles. The van der Waals surface area contributed by atoms with E-state index >= 15 is 0 Å². The molecule has 2 N–H and O–H groups in total. The van der Waals surface area contributed by atoms with Crippen molar-refractivity contribution in [3.05, 3.63) is 12.2 Å². The number of allylic oxidation sites excluding steroid dienone is 1. The normalized spacial score (nSPS) is 32.0. The Hall–Kier alpha value is -1.03. The van der Waals surface area contributed by atoms with Crippen LogP contribution in [0.3, 0.4) is 0 Å². The lowest BCUT2D eigenvalue weighted by atomic mass is 9.57. The molecule has 1 aliphatic heterocycles. The molecule has 4 heteroatoms. The fraction of sp³-hybridized carbons (Fsp3) is 0.812. The molecule has 4 nitrogen and oxygen atoms in total. The molecule has 1 saturated heterocycles. The van der Waals surface area contributed by atoms with Crippen molar-refractivity contribution in [1.82, 2.24) is 10.6 Å². The van der Waals surface area contributed by atoms with Crippen molar-refractivity contribution in [2.24, 2.45) is 16.3 Å². The smallest absolute Gasteiger partial charge is 0.191 e. The quantitative estimate of drug-likeness (QED) is 0.351. The van der Waals surface area contributed by atoms with Gasteiger partial charge in [-0.05, 0) is 26.7 Å². The fourth-order valence-electron chi connectivity index (χ4n) is 3.50. The second kappa shape index (κ2) is 6.61. The van der Waals surface area contributed by atoms with Gasteiger partial charge in [-0.15, -0.1) is 0 Å². The Morgan fingerprint density at radius 2 is 2.25 bits per heavy atom. The van der Waals surface area contributed by atoms with Gasteiger partial charge in [-0.1, -0.05) is 26.0 Å². The van der Waals surface area contributed by atoms with Gasteiger partial charge in [-0.2, -0.15) is 0 Å². The number of fused-ring (bicyclic) bond motifs is 1. The molecular formula is C16H29N3O. The minimum atomic E-state index is 0.195. The van der Waals surface area contributed by atoms with Gasteiger partial charge >= 0.3 is 0 Å². The van der Waals surface area contributed by atoms with Crippen LogP contribution in [0.5, 0.6) is 0 Å². The Labute approximate surface area is 123 Å². The highest BCUT2D eigenvalue weighted by Crippen LogP contribution is 2.51. The molecule has 1 heterocycles. The lowest BCUT2D eigenvalue weighted by Gasteiger charge is -2.54. The van der Waals surface area contributed by atoms with Crippen molar-refractivity contribution in [3.8, 4) is 0 Å². The number of hydrogen-bond donors (Lipinski definition) is 2. The standard InChI is InChI=1S/C16H29N3O/c1-5-7-8-10-18-15(17-6-2)19-13-12-9-11-20-14(12)16(13,3)4/h5,7,12-14H,6,8-11H2,1-4H3,(H2,17,18,19). The van der Waals surface area contributed by atoms with Crippen LogP contribution >= 0.6 is 0 Å². The maximum absolute atomic E-state index is 5.84. The van der Waals surface area contributed by atoms with E-state index in [2.05, 4.69) is 48.5 Å². The van der Waals surface area contributed by atoms with Crippen LogP contribution in [-0.4, -0.2) is 37.8 Å². The Bertz CT molecular complexity index is 376. The molecule has 2 aliphatic rings. The second-order valence-electron chi connectivity index (χ2n) is 6.31. The summed E-state index contributed by atoms with van der Waals surface area (Å²) in [7, 11) is 0. The minimum Gasteiger partial charge on any atom is -0.377 e. The molecule has 2 rings (SSSR count). The van der Waals surface area contributed by atoms with Gasteiger partial charge < -0.3 is 15.4 Å². The Morgan fingerprint density at radius 1 is 1.45 bits per heavy atom. The van der Waals surface area contributed by atoms with E-state index in [1.54, 1.807) is 0 Å². The fourth-order valence-corrected chi connectivity index (χ4v) is 3.50. The van der Waals surface area contributed by atoms with Crippen LogP contribution in [0.4, 0.5) is 0 Å². The van der Waals surface area contributed by atoms with Crippen molar-refractivity contribution in [2.45, 2.75) is 52.7 Å². The lowest BCUT2D eigenvalue weighted by molar-refractivity contribution is -0.106. The van der Waals surface area contributed by atoms with E-state index in [9.17, 15) is 0 Å². The van der Waals surface area contributed by atoms with Gasteiger partial charge in [-0.3, -0.25) is 4.99 Å². The number of nitrogens with zero attached hydrogens (tertiary/aromatic N) is 1. The summed E-state index contributed by atoms with van der Waals surface area (Å²) in [6.07, 6.45) is 6.82. The average Bonchev–Trinajstić information content (AvgIpc) is 2.87. The first-order chi connectivity index (χ1) is 9.61. The molecule has 0 radical (unpaired) electrons. The van der Waals surface area contributed by atoms with E-state index in [0.29, 0.717) is 18.1 Å². The first kappa shape index (κ1) is 15.4. The topological polar surface area (TPSA) is 45.7 Å². The van der Waals surface area contributed by atoms with E-state index in [1.807, 2.05) is 6.92 Å². The summed E-state index contributed by atoms with van der Waals surface area (Å²) >= 11 is 0. The summed E-state index contributed by atoms with van der Waals surface area (Å²) in [4.78, 5) is 4.65. The van der Waals surface area contributed by atoms with Crippen molar-refractivity contribution < 1.29 is 4.74 Å². The van der Waals surface area contributed by atoms with Crippen molar-refractivity contribution in [3.63, 3.8) is 0 Å². The van der Waals surface area contributed by atoms with Crippen LogP contribution in [0.25, 0.3) is 0 Å². The molecule has 20 heavy (non-hydrogen) atoms. The summed E-state index contributed by atoms with van der Waals surface area (Å²) in [6.45, 7) is 11.4. The van der Waals surface area contributed by atoms with E-state index in [1.165, 1.54) is 6.42 Å². The van der Waals surface area contributed by atoms with Crippen LogP contribution in [0.1, 0.15) is 40.5 Å². The molecule has 0 spiro atoms. The van der Waals surface area contributed by atoms with E-state index in [-0.39, 0.29) is 5.41 Å². The van der Waals surface area contributed by atoms with Crippen LogP contribution in [0, 0.1) is 11.3 Å². The zero-order valence-corrected chi connectivity index (χ0v) is 13.3. The lowest BCUT2D eigenvalue weighted by Crippen LogP contribution is -2.67. The maximum Gasteiger partial charge on any atom is 0.191 e. The molecule has 0 aromatic heterocycles. The van der Waals surface area contributed by atoms with E-state index in [0.717, 1.165) is 32.1 Å². The summed E-state index contributed by atoms with van der Waals surface area (Å²) in [5.41, 5.74) is 0.195. The number of guanidine groups is 1. The largest absolute Gasteiger partial charge is 0.377 e. The summed E-state index contributed by atoms with van der Waals surface area (Å²) in [6, 6.07) is 0.467. The SMILES string of the molecule is CC=CCCN=C(NCC)NC1C2CCOC2C1(C)C. The van der Waals surface area contributed by atoms with Crippen molar-refractivity contribution in [1.29, 1.82) is 0 Å². The molecule has 114 valence electrons. The molecule has 0 amide bonds. The highest BCUT2D eigenvalue weighted by Gasteiger charge is 2.59. The van der Waals surface area contributed by atoms with Gasteiger partial charge in [0.1, 0.15) is 0 Å². The van der Waals surface area contributed by atoms with Gasteiger partial charge in [0.15, 0.2) is 5.96 Å². The molecule has 2 fully saturated rings. The van der Waals surface area contributed by atoms with E-state index in [4.69, 9.17) is 4.74 Å². The number of ether oxygens (including phenoxy) is 1. The summed E-state index contributed by atoms with van der Waals surface area (Å²) in [5.74, 6) is 1.59. The highest BCUT2D eigenvalue weighted by molar-refractivity contribution is 5.80. The van der Waals surface area contributed by atoms with Gasteiger partial charge in [0.05, 0.1) is 6.10 Å². The Kier molecular flexibility index (Phi) is 5.08. The first-order valence-corrected chi connectivity index (χ1v) is 7.88. The third-order valence-corrected chi connectivity index (χ3v) is 4.54. The number of rotatable bonds is 5. The van der Waals surface area contributed by atoms with Crippen LogP contribution < -0.4 is 10.6 Å². The summed E-state index contributed by atoms with van der Waals surface area (Å²) < 4.78 is 5.84. The van der Waals surface area contributed by atoms with Crippen LogP contribution in [-0.2, 0) is 4.74 Å². The monoisotopic (exact) mass is 279 g/mol. The predicted molar refractivity (Wildman–Crippen MR) is 84.0 cm³/mol. The highest BCUT2D eigenvalue weighted by atomic mass is 16.5. The second-order valence-corrected chi connectivity index (χ2v) is 6.31. The Morgan fingerprint density at radius 3 is 2.95 bits per heavy atom. The summed E-state index contributed by atoms with van der Waals surface area (Å²) in [5, 5.41) is 6.98. The number of aliphatic imine (C=N–C) groups is 1. The van der Waals surface area contributed by atoms with Crippen LogP contribution in [0.15, 0.2) is 17.1 Å². The average molecular weight is 279 g/mol. The predicted octanol–water partition coefficient (Wildman–Crippen LogP) is 2.32. The van der Waals surface area contributed by atoms with Gasteiger partial charge in [-0.25, -0.2) is 0 Å². The minimum absolute atomic E-state index is 0.195. The van der Waals surface area contributed by atoms with Gasteiger partial charge in [0.2, 0.25) is 0 Å². The number of nitrogens with one attached hydrogen (secondary N) is 2. The zero-order valence-electron chi connectivity index (χ0n) is 13.3.